The molecule has 3 rings (SSSR count). The fourth-order valence-electron chi connectivity index (χ4n) is 3.59. The van der Waals surface area contributed by atoms with Crippen molar-refractivity contribution in [1.29, 1.82) is 0 Å². The first-order valence-electron chi connectivity index (χ1n) is 9.28. The maximum absolute atomic E-state index is 12.5. The summed E-state index contributed by atoms with van der Waals surface area (Å²) in [5.41, 5.74) is 0.839. The molecule has 6 nitrogen and oxygen atoms in total. The molecule has 0 radical (unpaired) electrons. The lowest BCUT2D eigenvalue weighted by atomic mass is 9.98. The van der Waals surface area contributed by atoms with Gasteiger partial charge in [0.2, 0.25) is 0 Å². The van der Waals surface area contributed by atoms with Crippen molar-refractivity contribution in [2.45, 2.75) is 45.6 Å². The van der Waals surface area contributed by atoms with Crippen LogP contribution in [0.3, 0.4) is 0 Å². The van der Waals surface area contributed by atoms with E-state index in [1.54, 1.807) is 11.8 Å². The van der Waals surface area contributed by atoms with Crippen LogP contribution in [0.4, 0.5) is 0 Å². The molecule has 1 aromatic rings. The molecule has 26 heavy (non-hydrogen) atoms. The van der Waals surface area contributed by atoms with Gasteiger partial charge >= 0.3 is 5.97 Å². The Morgan fingerprint density at radius 3 is 2.92 bits per heavy atom. The number of esters is 1. The van der Waals surface area contributed by atoms with Gasteiger partial charge in [0, 0.05) is 25.1 Å². The van der Waals surface area contributed by atoms with Crippen LogP contribution in [-0.2, 0) is 20.7 Å². The van der Waals surface area contributed by atoms with Gasteiger partial charge in [-0.25, -0.2) is 0 Å². The van der Waals surface area contributed by atoms with E-state index in [0.717, 1.165) is 30.6 Å². The Labute approximate surface area is 154 Å². The fourth-order valence-corrected chi connectivity index (χ4v) is 3.59. The minimum absolute atomic E-state index is 0.0597. The van der Waals surface area contributed by atoms with E-state index >= 15 is 0 Å². The standard InChI is InChI=1S/C20H27NO5/c1-4-24-19(23)15-8-6-10-21(12-15)17(22)13-25-16-9-5-7-14-11-20(2,3)26-18(14)16/h5,7,9,15H,4,6,8,10-13H2,1-3H3/t15-/m1/s1. The van der Waals surface area contributed by atoms with Crippen LogP contribution in [-0.4, -0.2) is 48.7 Å². The fraction of sp³-hybridized carbons (Fsp3) is 0.600. The molecule has 1 amide bonds. The van der Waals surface area contributed by atoms with Crippen LogP contribution in [0, 0.1) is 5.92 Å². The molecule has 2 heterocycles. The molecule has 1 saturated heterocycles. The van der Waals surface area contributed by atoms with Gasteiger partial charge in [0.1, 0.15) is 5.60 Å². The van der Waals surface area contributed by atoms with Crippen LogP contribution >= 0.6 is 0 Å². The Morgan fingerprint density at radius 1 is 1.35 bits per heavy atom. The number of ether oxygens (including phenoxy) is 3. The minimum Gasteiger partial charge on any atom is -0.483 e. The van der Waals surface area contributed by atoms with E-state index in [9.17, 15) is 9.59 Å². The summed E-state index contributed by atoms with van der Waals surface area (Å²) >= 11 is 0. The molecule has 0 spiro atoms. The minimum atomic E-state index is -0.258. The second kappa shape index (κ2) is 7.56. The third-order valence-electron chi connectivity index (χ3n) is 4.80. The summed E-state index contributed by atoms with van der Waals surface area (Å²) < 4.78 is 16.8. The Kier molecular flexibility index (Phi) is 5.39. The van der Waals surface area contributed by atoms with Gasteiger partial charge in [0.15, 0.2) is 18.1 Å². The van der Waals surface area contributed by atoms with Gasteiger partial charge in [-0.2, -0.15) is 0 Å². The van der Waals surface area contributed by atoms with Crippen molar-refractivity contribution in [3.63, 3.8) is 0 Å². The van der Waals surface area contributed by atoms with Crippen LogP contribution in [0.2, 0.25) is 0 Å². The topological polar surface area (TPSA) is 65.1 Å². The predicted molar refractivity (Wildman–Crippen MR) is 96.3 cm³/mol. The van der Waals surface area contributed by atoms with Crippen molar-refractivity contribution in [3.05, 3.63) is 23.8 Å². The number of hydrogen-bond acceptors (Lipinski definition) is 5. The van der Waals surface area contributed by atoms with Gasteiger partial charge in [-0.05, 0) is 39.7 Å². The van der Waals surface area contributed by atoms with Crippen LogP contribution in [0.1, 0.15) is 39.2 Å². The highest BCUT2D eigenvalue weighted by Gasteiger charge is 2.33. The van der Waals surface area contributed by atoms with E-state index in [4.69, 9.17) is 14.2 Å². The number of amides is 1. The summed E-state index contributed by atoms with van der Waals surface area (Å²) in [6.45, 7) is 7.21. The Bertz CT molecular complexity index is 685. The highest BCUT2D eigenvalue weighted by atomic mass is 16.5. The van der Waals surface area contributed by atoms with Gasteiger partial charge in [-0.3, -0.25) is 9.59 Å². The summed E-state index contributed by atoms with van der Waals surface area (Å²) in [4.78, 5) is 26.2. The van der Waals surface area contributed by atoms with Crippen molar-refractivity contribution in [1.82, 2.24) is 4.90 Å². The van der Waals surface area contributed by atoms with Crippen molar-refractivity contribution >= 4 is 11.9 Å². The van der Waals surface area contributed by atoms with E-state index in [1.807, 2.05) is 32.0 Å². The summed E-state index contributed by atoms with van der Waals surface area (Å²) in [6.07, 6.45) is 2.38. The zero-order valence-corrected chi connectivity index (χ0v) is 15.7. The van der Waals surface area contributed by atoms with Crippen molar-refractivity contribution in [2.24, 2.45) is 5.92 Å². The summed E-state index contributed by atoms with van der Waals surface area (Å²) in [5.74, 6) is 0.753. The Morgan fingerprint density at radius 2 is 2.15 bits per heavy atom. The van der Waals surface area contributed by atoms with Gasteiger partial charge < -0.3 is 19.1 Å². The molecule has 1 atom stereocenters. The molecule has 142 valence electrons. The molecule has 0 saturated carbocycles. The van der Waals surface area contributed by atoms with Gasteiger partial charge in [0.05, 0.1) is 12.5 Å². The summed E-state index contributed by atoms with van der Waals surface area (Å²) in [5, 5.41) is 0. The van der Waals surface area contributed by atoms with Crippen molar-refractivity contribution in [3.8, 4) is 11.5 Å². The first-order chi connectivity index (χ1) is 12.4. The van der Waals surface area contributed by atoms with Gasteiger partial charge in [-0.15, -0.1) is 0 Å². The number of carbonyl (C=O) groups is 2. The highest BCUT2D eigenvalue weighted by Crippen LogP contribution is 2.41. The number of nitrogens with zero attached hydrogens (tertiary/aromatic N) is 1. The number of carbonyl (C=O) groups excluding carboxylic acids is 2. The summed E-state index contributed by atoms with van der Waals surface area (Å²) in [6, 6.07) is 5.76. The zero-order valence-electron chi connectivity index (χ0n) is 15.7. The van der Waals surface area contributed by atoms with Crippen LogP contribution in [0.25, 0.3) is 0 Å². The SMILES string of the molecule is CCOC(=O)[C@@H]1CCCN(C(=O)COc2cccc3c2OC(C)(C)C3)C1. The van der Waals surface area contributed by atoms with Crippen LogP contribution < -0.4 is 9.47 Å². The number of rotatable bonds is 5. The molecule has 0 aliphatic carbocycles. The molecular formula is C20H27NO5. The average molecular weight is 361 g/mol. The molecule has 6 heteroatoms. The molecule has 2 aliphatic heterocycles. The van der Waals surface area contributed by atoms with Gasteiger partial charge in [-0.1, -0.05) is 12.1 Å². The van der Waals surface area contributed by atoms with Gasteiger partial charge in [0.25, 0.3) is 5.91 Å². The van der Waals surface area contributed by atoms with Crippen LogP contribution in [0.15, 0.2) is 18.2 Å². The molecule has 0 bridgehead atoms. The Balaban J connectivity index is 1.58. The van der Waals surface area contributed by atoms with Crippen molar-refractivity contribution in [2.75, 3.05) is 26.3 Å². The number of para-hydroxylation sites is 1. The maximum Gasteiger partial charge on any atom is 0.310 e. The summed E-state index contributed by atoms with van der Waals surface area (Å²) in [7, 11) is 0. The van der Waals surface area contributed by atoms with E-state index < -0.39 is 0 Å². The zero-order chi connectivity index (χ0) is 18.7. The molecule has 1 aromatic carbocycles. The van der Waals surface area contributed by atoms with E-state index in [0.29, 0.717) is 25.4 Å². The lowest BCUT2D eigenvalue weighted by Gasteiger charge is -2.31. The molecule has 2 aliphatic rings. The smallest absolute Gasteiger partial charge is 0.310 e. The van der Waals surface area contributed by atoms with E-state index in [2.05, 4.69) is 0 Å². The molecule has 1 fully saturated rings. The van der Waals surface area contributed by atoms with E-state index in [1.165, 1.54) is 0 Å². The third kappa shape index (κ3) is 4.11. The first-order valence-corrected chi connectivity index (χ1v) is 9.28. The van der Waals surface area contributed by atoms with E-state index in [-0.39, 0.29) is 30.0 Å². The number of fused-ring (bicyclic) bond motifs is 1. The third-order valence-corrected chi connectivity index (χ3v) is 4.80. The molecular weight excluding hydrogens is 334 g/mol. The molecule has 0 N–H and O–H groups in total. The Hall–Kier alpha value is -2.24. The van der Waals surface area contributed by atoms with Crippen molar-refractivity contribution < 1.29 is 23.8 Å². The quantitative estimate of drug-likeness (QED) is 0.754. The van der Waals surface area contributed by atoms with Crippen LogP contribution in [0.5, 0.6) is 11.5 Å². The number of hydrogen-bond donors (Lipinski definition) is 0. The lowest BCUT2D eigenvalue weighted by molar-refractivity contribution is -0.151. The first kappa shape index (κ1) is 18.5. The molecule has 0 unspecified atom stereocenters. The monoisotopic (exact) mass is 361 g/mol. The number of benzene rings is 1. The second-order valence-corrected chi connectivity index (χ2v) is 7.50. The normalized spacial score (nSPS) is 20.9. The maximum atomic E-state index is 12.5. The largest absolute Gasteiger partial charge is 0.483 e. The molecule has 0 aromatic heterocycles. The highest BCUT2D eigenvalue weighted by molar-refractivity contribution is 5.79. The second-order valence-electron chi connectivity index (χ2n) is 7.50. The number of piperidine rings is 1. The lowest BCUT2D eigenvalue weighted by Crippen LogP contribution is -2.44. The average Bonchev–Trinajstić information content (AvgIpc) is 2.94. The predicted octanol–water partition coefficient (Wildman–Crippen LogP) is 2.58. The number of likely N-dealkylation sites (tertiary alicyclic amines) is 1.